The Balaban J connectivity index is 1.56. The van der Waals surface area contributed by atoms with Gasteiger partial charge in [0.2, 0.25) is 12.2 Å². The quantitative estimate of drug-likeness (QED) is 0.476. The molecule has 3 rings (SSSR count). The van der Waals surface area contributed by atoms with Crippen LogP contribution in [-0.4, -0.2) is 34.4 Å². The third-order valence-corrected chi connectivity index (χ3v) is 3.52. The molecule has 0 bridgehead atoms. The van der Waals surface area contributed by atoms with Crippen LogP contribution in [0.15, 0.2) is 47.5 Å². The average molecular weight is 343 g/mol. The van der Waals surface area contributed by atoms with Gasteiger partial charge < -0.3 is 14.0 Å². The minimum absolute atomic E-state index is 0.261. The smallest absolute Gasteiger partial charge is 0.338 e. The van der Waals surface area contributed by atoms with Crippen LogP contribution in [0.4, 0.5) is 0 Å². The standard InChI is InChI=1S/C17H19N4O4/c1-20-7-8-21(12-20)9-10-24-17(22)14-5-3-13(4-6-14)16-18-15(11-23-2)25-19-16/h3-8,12H,9-11H2,1-2H3/q+1. The summed E-state index contributed by atoms with van der Waals surface area (Å²) in [5, 5.41) is 3.88. The first-order valence-electron chi connectivity index (χ1n) is 7.76. The monoisotopic (exact) mass is 343 g/mol. The number of imidazole rings is 1. The second kappa shape index (κ2) is 7.71. The number of methoxy groups -OCH3 is 1. The number of carbonyl (C=O) groups is 1. The minimum atomic E-state index is -0.365. The third kappa shape index (κ3) is 4.30. The van der Waals surface area contributed by atoms with Gasteiger partial charge in [0.1, 0.15) is 32.2 Å². The molecular formula is C17H19N4O4+. The Morgan fingerprint density at radius 1 is 1.32 bits per heavy atom. The van der Waals surface area contributed by atoms with Crippen LogP contribution < -0.4 is 4.57 Å². The summed E-state index contributed by atoms with van der Waals surface area (Å²) in [6, 6.07) is 6.87. The van der Waals surface area contributed by atoms with E-state index < -0.39 is 0 Å². The minimum Gasteiger partial charge on any atom is -0.458 e. The van der Waals surface area contributed by atoms with Crippen molar-refractivity contribution in [3.63, 3.8) is 0 Å². The molecule has 0 aliphatic rings. The Morgan fingerprint density at radius 2 is 2.12 bits per heavy atom. The Bertz CT molecular complexity index is 838. The number of nitrogens with zero attached hydrogens (tertiary/aromatic N) is 4. The van der Waals surface area contributed by atoms with E-state index in [0.717, 1.165) is 5.56 Å². The van der Waals surface area contributed by atoms with Crippen molar-refractivity contribution in [1.29, 1.82) is 0 Å². The lowest BCUT2D eigenvalue weighted by Crippen LogP contribution is -2.24. The molecule has 8 heteroatoms. The molecule has 2 heterocycles. The van der Waals surface area contributed by atoms with Crippen molar-refractivity contribution in [3.8, 4) is 11.4 Å². The topological polar surface area (TPSA) is 83.3 Å². The van der Waals surface area contributed by atoms with E-state index in [1.165, 1.54) is 0 Å². The van der Waals surface area contributed by atoms with Crippen molar-refractivity contribution in [1.82, 2.24) is 14.7 Å². The molecule has 0 fully saturated rings. The SMILES string of the molecule is COCc1nc(-c2ccc(C(=O)OCCn3cc[n+](C)c3)cc2)no1. The number of hydrogen-bond donors (Lipinski definition) is 0. The van der Waals surface area contributed by atoms with Gasteiger partial charge in [-0.25, -0.2) is 13.9 Å². The summed E-state index contributed by atoms with van der Waals surface area (Å²) >= 11 is 0. The van der Waals surface area contributed by atoms with Crippen molar-refractivity contribution in [3.05, 3.63) is 54.4 Å². The van der Waals surface area contributed by atoms with Gasteiger partial charge in [0.25, 0.3) is 5.89 Å². The largest absolute Gasteiger partial charge is 0.458 e. The Hall–Kier alpha value is -3.00. The van der Waals surface area contributed by atoms with Gasteiger partial charge in [0, 0.05) is 12.7 Å². The van der Waals surface area contributed by atoms with Crippen LogP contribution in [0.2, 0.25) is 0 Å². The normalized spacial score (nSPS) is 10.8. The van der Waals surface area contributed by atoms with Crippen LogP contribution in [0, 0.1) is 0 Å². The highest BCUT2D eigenvalue weighted by atomic mass is 16.5. The lowest BCUT2D eigenvalue weighted by molar-refractivity contribution is -0.671. The maximum atomic E-state index is 12.1. The highest BCUT2D eigenvalue weighted by molar-refractivity contribution is 5.89. The first kappa shape index (κ1) is 16.8. The molecule has 0 aliphatic heterocycles. The summed E-state index contributed by atoms with van der Waals surface area (Å²) in [7, 11) is 3.49. The molecule has 0 spiro atoms. The molecule has 0 unspecified atom stereocenters. The van der Waals surface area contributed by atoms with E-state index in [1.54, 1.807) is 31.4 Å². The molecular weight excluding hydrogens is 324 g/mol. The van der Waals surface area contributed by atoms with Gasteiger partial charge in [-0.3, -0.25) is 0 Å². The van der Waals surface area contributed by atoms with Gasteiger partial charge in [0.05, 0.1) is 12.6 Å². The number of ether oxygens (including phenoxy) is 2. The number of carbonyl (C=O) groups excluding carboxylic acids is 1. The summed E-state index contributed by atoms with van der Waals surface area (Å²) in [5.41, 5.74) is 1.23. The molecule has 0 aliphatic carbocycles. The van der Waals surface area contributed by atoms with Gasteiger partial charge >= 0.3 is 5.97 Å². The van der Waals surface area contributed by atoms with Crippen molar-refractivity contribution in [2.45, 2.75) is 13.2 Å². The molecule has 1 aromatic carbocycles. The van der Waals surface area contributed by atoms with Crippen LogP contribution in [0.3, 0.4) is 0 Å². The third-order valence-electron chi connectivity index (χ3n) is 3.52. The number of benzene rings is 1. The fraction of sp³-hybridized carbons (Fsp3) is 0.294. The highest BCUT2D eigenvalue weighted by Crippen LogP contribution is 2.17. The molecule has 0 atom stereocenters. The van der Waals surface area contributed by atoms with Gasteiger partial charge in [-0.1, -0.05) is 17.3 Å². The average Bonchev–Trinajstić information content (AvgIpc) is 3.24. The molecule has 0 saturated carbocycles. The van der Waals surface area contributed by atoms with Gasteiger partial charge in [-0.2, -0.15) is 4.98 Å². The predicted molar refractivity (Wildman–Crippen MR) is 86.3 cm³/mol. The highest BCUT2D eigenvalue weighted by Gasteiger charge is 2.11. The number of hydrogen-bond acceptors (Lipinski definition) is 6. The van der Waals surface area contributed by atoms with Gasteiger partial charge in [-0.15, -0.1) is 0 Å². The number of rotatable bonds is 7. The molecule has 25 heavy (non-hydrogen) atoms. The fourth-order valence-electron chi connectivity index (χ4n) is 2.27. The van der Waals surface area contributed by atoms with Crippen LogP contribution in [-0.2, 0) is 29.7 Å². The Morgan fingerprint density at radius 3 is 2.80 bits per heavy atom. The second-order valence-corrected chi connectivity index (χ2v) is 5.47. The number of aromatic nitrogens is 4. The van der Waals surface area contributed by atoms with Crippen LogP contribution in [0.1, 0.15) is 16.2 Å². The molecule has 0 amide bonds. The van der Waals surface area contributed by atoms with Crippen molar-refractivity contribution in [2.24, 2.45) is 7.05 Å². The first-order valence-corrected chi connectivity index (χ1v) is 7.76. The van der Waals surface area contributed by atoms with Crippen molar-refractivity contribution < 1.29 is 23.4 Å². The predicted octanol–water partition coefficient (Wildman–Crippen LogP) is 1.37. The summed E-state index contributed by atoms with van der Waals surface area (Å²) in [6.45, 7) is 1.17. The van der Waals surface area contributed by atoms with E-state index in [2.05, 4.69) is 10.1 Å². The van der Waals surface area contributed by atoms with Crippen molar-refractivity contribution in [2.75, 3.05) is 13.7 Å². The molecule has 2 aromatic heterocycles. The molecule has 0 radical (unpaired) electrons. The van der Waals surface area contributed by atoms with Gasteiger partial charge in [-0.05, 0) is 12.1 Å². The summed E-state index contributed by atoms with van der Waals surface area (Å²) in [5.74, 6) is 0.489. The maximum Gasteiger partial charge on any atom is 0.338 e. The van der Waals surface area contributed by atoms with Crippen LogP contribution >= 0.6 is 0 Å². The van der Waals surface area contributed by atoms with E-state index in [0.29, 0.717) is 30.4 Å². The fourth-order valence-corrected chi connectivity index (χ4v) is 2.27. The van der Waals surface area contributed by atoms with Crippen LogP contribution in [0.5, 0.6) is 0 Å². The summed E-state index contributed by atoms with van der Waals surface area (Å²) in [6.07, 6.45) is 5.77. The molecule has 130 valence electrons. The van der Waals surface area contributed by atoms with Crippen LogP contribution in [0.25, 0.3) is 11.4 Å². The lowest BCUT2D eigenvalue weighted by Gasteiger charge is -2.03. The molecule has 8 nitrogen and oxygen atoms in total. The number of esters is 1. The van der Waals surface area contributed by atoms with E-state index in [4.69, 9.17) is 14.0 Å². The van der Waals surface area contributed by atoms with E-state index in [9.17, 15) is 4.79 Å². The van der Waals surface area contributed by atoms with Crippen molar-refractivity contribution >= 4 is 5.97 Å². The lowest BCUT2D eigenvalue weighted by atomic mass is 10.1. The molecule has 3 aromatic rings. The van der Waals surface area contributed by atoms with E-state index >= 15 is 0 Å². The van der Waals surface area contributed by atoms with Gasteiger partial charge in [0.15, 0.2) is 0 Å². The zero-order valence-electron chi connectivity index (χ0n) is 14.1. The van der Waals surface area contributed by atoms with E-state index in [1.807, 2.05) is 34.9 Å². The number of aryl methyl sites for hydroxylation is 1. The molecule has 0 N–H and O–H groups in total. The maximum absolute atomic E-state index is 12.1. The molecule has 0 saturated heterocycles. The first-order chi connectivity index (χ1) is 12.2. The zero-order chi connectivity index (χ0) is 17.6. The second-order valence-electron chi connectivity index (χ2n) is 5.47. The van der Waals surface area contributed by atoms with E-state index in [-0.39, 0.29) is 12.6 Å². The summed E-state index contributed by atoms with van der Waals surface area (Å²) in [4.78, 5) is 16.3. The Labute approximate surface area is 144 Å². The Kier molecular flexibility index (Phi) is 5.20. The zero-order valence-corrected chi connectivity index (χ0v) is 14.1. The summed E-state index contributed by atoms with van der Waals surface area (Å²) < 4.78 is 19.2.